The lowest BCUT2D eigenvalue weighted by atomic mass is 9.94. The molecular formula is C25H31N3O6. The fourth-order valence-electron chi connectivity index (χ4n) is 4.00. The summed E-state index contributed by atoms with van der Waals surface area (Å²) in [5.74, 6) is -0.231. The van der Waals surface area contributed by atoms with Crippen LogP contribution in [0.4, 0.5) is 0 Å². The van der Waals surface area contributed by atoms with E-state index in [4.69, 9.17) is 14.2 Å². The molecule has 9 heteroatoms. The molecule has 1 aliphatic rings. The molecular weight excluding hydrogens is 438 g/mol. The number of methoxy groups -OCH3 is 3. The summed E-state index contributed by atoms with van der Waals surface area (Å²) in [7, 11) is 4.41. The molecule has 0 saturated carbocycles. The lowest BCUT2D eigenvalue weighted by Crippen LogP contribution is -2.52. The molecule has 3 atom stereocenters. The summed E-state index contributed by atoms with van der Waals surface area (Å²) in [6, 6.07) is 8.50. The third-order valence-electron chi connectivity index (χ3n) is 5.78. The first-order chi connectivity index (χ1) is 16.3. The van der Waals surface area contributed by atoms with Crippen LogP contribution in [0.25, 0.3) is 11.1 Å². The molecule has 9 nitrogen and oxygen atoms in total. The van der Waals surface area contributed by atoms with Crippen LogP contribution in [0.15, 0.2) is 36.4 Å². The predicted octanol–water partition coefficient (Wildman–Crippen LogP) is 1.74. The molecule has 0 spiro atoms. The SMILES string of the molecule is CCN[C@@H]1C(=O)N[C@@H](C)C(=O)N[C@H](C(=O)OC)Cc2ccc(OC)c(c2)-c2cc1ccc2OC. The minimum Gasteiger partial charge on any atom is -0.496 e. The minimum atomic E-state index is -0.932. The number of hydrogen-bond donors (Lipinski definition) is 3. The Morgan fingerprint density at radius 3 is 2.24 bits per heavy atom. The molecule has 1 aliphatic heterocycles. The molecule has 3 N–H and O–H groups in total. The Kier molecular flexibility index (Phi) is 8.12. The van der Waals surface area contributed by atoms with Gasteiger partial charge in [-0.15, -0.1) is 0 Å². The Balaban J connectivity index is 2.24. The van der Waals surface area contributed by atoms with Crippen molar-refractivity contribution in [2.24, 2.45) is 0 Å². The number of fused-ring (bicyclic) bond motifs is 5. The van der Waals surface area contributed by atoms with Gasteiger partial charge in [-0.2, -0.15) is 0 Å². The van der Waals surface area contributed by atoms with Crippen LogP contribution in [0.2, 0.25) is 0 Å². The predicted molar refractivity (Wildman–Crippen MR) is 127 cm³/mol. The quantitative estimate of drug-likeness (QED) is 0.572. The van der Waals surface area contributed by atoms with Gasteiger partial charge in [-0.05, 0) is 48.9 Å². The van der Waals surface area contributed by atoms with E-state index in [0.717, 1.165) is 16.7 Å². The Labute approximate surface area is 199 Å². The Morgan fingerprint density at radius 1 is 0.971 bits per heavy atom. The summed E-state index contributed by atoms with van der Waals surface area (Å²) in [4.78, 5) is 38.4. The van der Waals surface area contributed by atoms with Crippen LogP contribution in [-0.4, -0.2) is 57.7 Å². The lowest BCUT2D eigenvalue weighted by molar-refractivity contribution is -0.145. The molecule has 0 saturated heterocycles. The van der Waals surface area contributed by atoms with Crippen molar-refractivity contribution >= 4 is 17.8 Å². The van der Waals surface area contributed by atoms with Crippen LogP contribution in [0.1, 0.15) is 31.0 Å². The topological polar surface area (TPSA) is 115 Å². The van der Waals surface area contributed by atoms with E-state index in [-0.39, 0.29) is 12.3 Å². The van der Waals surface area contributed by atoms with Gasteiger partial charge in [0.2, 0.25) is 11.8 Å². The Hall–Kier alpha value is -3.59. The average Bonchev–Trinajstić information content (AvgIpc) is 2.85. The number of carbonyl (C=O) groups excluding carboxylic acids is 3. The van der Waals surface area contributed by atoms with Crippen molar-refractivity contribution in [3.8, 4) is 22.6 Å². The molecule has 2 aromatic carbocycles. The van der Waals surface area contributed by atoms with Crippen LogP contribution >= 0.6 is 0 Å². The van der Waals surface area contributed by atoms with Gasteiger partial charge in [0.15, 0.2) is 0 Å². The highest BCUT2D eigenvalue weighted by molar-refractivity contribution is 5.92. The zero-order chi connectivity index (χ0) is 24.8. The molecule has 0 fully saturated rings. The van der Waals surface area contributed by atoms with Crippen molar-refractivity contribution in [2.75, 3.05) is 27.9 Å². The molecule has 4 bridgehead atoms. The van der Waals surface area contributed by atoms with Gasteiger partial charge in [-0.1, -0.05) is 19.1 Å². The monoisotopic (exact) mass is 469 g/mol. The van der Waals surface area contributed by atoms with E-state index in [1.54, 1.807) is 33.3 Å². The van der Waals surface area contributed by atoms with Crippen LogP contribution in [0, 0.1) is 0 Å². The Bertz CT molecular complexity index is 1070. The van der Waals surface area contributed by atoms with E-state index < -0.39 is 30.0 Å². The van der Waals surface area contributed by atoms with E-state index in [9.17, 15) is 14.4 Å². The van der Waals surface area contributed by atoms with E-state index in [1.165, 1.54) is 7.11 Å². The molecule has 2 amide bonds. The third-order valence-corrected chi connectivity index (χ3v) is 5.78. The van der Waals surface area contributed by atoms with Crippen LogP contribution in [0.3, 0.4) is 0 Å². The first-order valence-electron chi connectivity index (χ1n) is 11.1. The van der Waals surface area contributed by atoms with Crippen molar-refractivity contribution in [1.29, 1.82) is 0 Å². The average molecular weight is 470 g/mol. The Morgan fingerprint density at radius 2 is 1.62 bits per heavy atom. The second-order valence-corrected chi connectivity index (χ2v) is 8.00. The molecule has 0 radical (unpaired) electrons. The van der Waals surface area contributed by atoms with Gasteiger partial charge in [0.25, 0.3) is 0 Å². The lowest BCUT2D eigenvalue weighted by Gasteiger charge is -2.25. The molecule has 3 rings (SSSR count). The van der Waals surface area contributed by atoms with Crippen LogP contribution in [0.5, 0.6) is 11.5 Å². The van der Waals surface area contributed by atoms with Crippen molar-refractivity contribution < 1.29 is 28.6 Å². The van der Waals surface area contributed by atoms with Gasteiger partial charge in [-0.25, -0.2) is 4.79 Å². The van der Waals surface area contributed by atoms with Gasteiger partial charge in [0.1, 0.15) is 29.6 Å². The highest BCUT2D eigenvalue weighted by atomic mass is 16.5. The van der Waals surface area contributed by atoms with Crippen molar-refractivity contribution in [1.82, 2.24) is 16.0 Å². The first-order valence-corrected chi connectivity index (χ1v) is 11.1. The molecule has 182 valence electrons. The van der Waals surface area contributed by atoms with E-state index in [2.05, 4.69) is 16.0 Å². The summed E-state index contributed by atoms with van der Waals surface area (Å²) in [5, 5.41) is 8.62. The number of rotatable bonds is 5. The maximum atomic E-state index is 13.2. The highest BCUT2D eigenvalue weighted by Crippen LogP contribution is 2.39. The minimum absolute atomic E-state index is 0.193. The zero-order valence-corrected chi connectivity index (χ0v) is 20.1. The second kappa shape index (κ2) is 11.0. The summed E-state index contributed by atoms with van der Waals surface area (Å²) in [5.41, 5.74) is 2.96. The zero-order valence-electron chi connectivity index (χ0n) is 20.1. The van der Waals surface area contributed by atoms with E-state index in [1.807, 2.05) is 31.2 Å². The maximum Gasteiger partial charge on any atom is 0.328 e. The van der Waals surface area contributed by atoms with Crippen LogP contribution < -0.4 is 25.4 Å². The summed E-state index contributed by atoms with van der Waals surface area (Å²) in [6.45, 7) is 4.00. The summed E-state index contributed by atoms with van der Waals surface area (Å²) >= 11 is 0. The van der Waals surface area contributed by atoms with E-state index >= 15 is 0 Å². The second-order valence-electron chi connectivity index (χ2n) is 8.00. The van der Waals surface area contributed by atoms with Gasteiger partial charge < -0.3 is 30.2 Å². The number of benzene rings is 2. The highest BCUT2D eigenvalue weighted by Gasteiger charge is 2.29. The maximum absolute atomic E-state index is 13.2. The van der Waals surface area contributed by atoms with E-state index in [0.29, 0.717) is 23.6 Å². The number of esters is 1. The summed E-state index contributed by atoms with van der Waals surface area (Å²) in [6.07, 6.45) is 0.193. The fraction of sp³-hybridized carbons (Fsp3) is 0.400. The van der Waals surface area contributed by atoms with Crippen molar-refractivity contribution in [3.05, 3.63) is 47.5 Å². The van der Waals surface area contributed by atoms with Crippen molar-refractivity contribution in [3.63, 3.8) is 0 Å². The smallest absolute Gasteiger partial charge is 0.328 e. The number of likely N-dealkylation sites (N-methyl/N-ethyl adjacent to an activating group) is 1. The molecule has 34 heavy (non-hydrogen) atoms. The van der Waals surface area contributed by atoms with Gasteiger partial charge in [0, 0.05) is 17.5 Å². The van der Waals surface area contributed by atoms with Gasteiger partial charge in [-0.3, -0.25) is 9.59 Å². The van der Waals surface area contributed by atoms with Crippen LogP contribution in [-0.2, 0) is 25.5 Å². The molecule has 2 aromatic rings. The molecule has 0 unspecified atom stereocenters. The van der Waals surface area contributed by atoms with Gasteiger partial charge in [0.05, 0.1) is 21.3 Å². The number of nitrogens with one attached hydrogen (secondary N) is 3. The molecule has 0 aromatic heterocycles. The normalized spacial score (nSPS) is 20.4. The standard InChI is InChI=1S/C25H31N3O6/c1-6-26-22-16-8-10-21(33-4)18(13-16)17-11-15(7-9-20(17)32-3)12-19(25(31)34-5)28-23(29)14(2)27-24(22)30/h7-11,13-14,19,22,26H,6,12H2,1-5H3,(H,27,30)(H,28,29)/t14-,19-,22-/m0/s1. The number of ether oxygens (including phenoxy) is 3. The number of amides is 2. The molecule has 0 aliphatic carbocycles. The molecule has 1 heterocycles. The third kappa shape index (κ3) is 5.31. The number of hydrogen-bond acceptors (Lipinski definition) is 7. The van der Waals surface area contributed by atoms with Gasteiger partial charge >= 0.3 is 5.97 Å². The summed E-state index contributed by atoms with van der Waals surface area (Å²) < 4.78 is 16.1. The fourth-order valence-corrected chi connectivity index (χ4v) is 4.00. The van der Waals surface area contributed by atoms with Crippen molar-refractivity contribution in [2.45, 2.75) is 38.4 Å². The number of carbonyl (C=O) groups is 3. The largest absolute Gasteiger partial charge is 0.496 e. The first kappa shape index (κ1) is 25.0.